The van der Waals surface area contributed by atoms with Crippen molar-refractivity contribution in [3.63, 3.8) is 0 Å². The van der Waals surface area contributed by atoms with Gasteiger partial charge in [-0.3, -0.25) is 9.78 Å². The van der Waals surface area contributed by atoms with Crippen LogP contribution < -0.4 is 11.1 Å². The first kappa shape index (κ1) is 31.1. The number of para-hydroxylation sites is 1. The monoisotopic (exact) mass is 547 g/mol. The molecule has 0 bridgehead atoms. The van der Waals surface area contributed by atoms with Gasteiger partial charge >= 0.3 is 6.09 Å². The maximum Gasteiger partial charge on any atom is 0.405 e. The SMILES string of the molecule is CCCCCCCCC(C)CC(Cc1ccnc2ccccc12)(OC(N)=O)C(=O)NC(CO)Cc1ccccc1. The number of aliphatic hydroxyl groups excluding tert-OH is 1. The summed E-state index contributed by atoms with van der Waals surface area (Å²) >= 11 is 0. The first-order valence-electron chi connectivity index (χ1n) is 14.6. The molecule has 0 aliphatic carbocycles. The van der Waals surface area contributed by atoms with E-state index in [-0.39, 0.29) is 18.9 Å². The largest absolute Gasteiger partial charge is 0.433 e. The molecule has 3 atom stereocenters. The molecule has 3 unspecified atom stereocenters. The third-order valence-electron chi connectivity index (χ3n) is 7.53. The number of hydrogen-bond acceptors (Lipinski definition) is 5. The van der Waals surface area contributed by atoms with Crippen LogP contribution in [0.3, 0.4) is 0 Å². The van der Waals surface area contributed by atoms with Crippen molar-refractivity contribution in [1.29, 1.82) is 0 Å². The van der Waals surface area contributed by atoms with E-state index in [1.54, 1.807) is 6.20 Å². The standard InChI is InChI=1S/C33H45N3O4/c1-3-4-5-6-7-9-14-25(2)22-33(40-32(34)39,23-27-19-20-35-30-18-13-12-17-29(27)30)31(38)36-28(24-37)21-26-15-10-8-11-16-26/h8,10-13,15-20,25,28,37H,3-7,9,14,21-24H2,1-2H3,(H2,34,39)(H,36,38). The van der Waals surface area contributed by atoms with Gasteiger partial charge in [-0.25, -0.2) is 4.79 Å². The third-order valence-corrected chi connectivity index (χ3v) is 7.53. The molecule has 7 nitrogen and oxygen atoms in total. The molecular weight excluding hydrogens is 502 g/mol. The molecule has 3 aromatic rings. The van der Waals surface area contributed by atoms with Crippen LogP contribution in [0.5, 0.6) is 0 Å². The Morgan fingerprint density at radius 2 is 1.70 bits per heavy atom. The van der Waals surface area contributed by atoms with Gasteiger partial charge in [0.05, 0.1) is 18.2 Å². The number of primary amides is 1. The van der Waals surface area contributed by atoms with E-state index in [2.05, 4.69) is 24.1 Å². The van der Waals surface area contributed by atoms with Crippen molar-refractivity contribution >= 4 is 22.9 Å². The Morgan fingerprint density at radius 1 is 1.00 bits per heavy atom. The molecule has 2 aromatic carbocycles. The number of nitrogens with one attached hydrogen (secondary N) is 1. The number of nitrogens with two attached hydrogens (primary N) is 1. The number of benzene rings is 2. The fourth-order valence-corrected chi connectivity index (χ4v) is 5.49. The zero-order chi connectivity index (χ0) is 28.8. The summed E-state index contributed by atoms with van der Waals surface area (Å²) in [5.41, 5.74) is 6.70. The topological polar surface area (TPSA) is 115 Å². The van der Waals surface area contributed by atoms with E-state index in [4.69, 9.17) is 10.5 Å². The van der Waals surface area contributed by atoms with Crippen LogP contribution >= 0.6 is 0 Å². The quantitative estimate of drug-likeness (QED) is 0.177. The first-order chi connectivity index (χ1) is 19.4. The van der Waals surface area contributed by atoms with E-state index >= 15 is 0 Å². The van der Waals surface area contributed by atoms with E-state index in [9.17, 15) is 14.7 Å². The summed E-state index contributed by atoms with van der Waals surface area (Å²) in [6.45, 7) is 4.05. The number of aliphatic hydroxyl groups is 1. The molecule has 0 radical (unpaired) electrons. The highest BCUT2D eigenvalue weighted by atomic mass is 16.6. The van der Waals surface area contributed by atoms with Crippen molar-refractivity contribution in [3.8, 4) is 0 Å². The van der Waals surface area contributed by atoms with Crippen LogP contribution in [0.15, 0.2) is 66.9 Å². The lowest BCUT2D eigenvalue weighted by atomic mass is 9.82. The lowest BCUT2D eigenvalue weighted by Crippen LogP contribution is -2.56. The van der Waals surface area contributed by atoms with Gasteiger partial charge < -0.3 is 20.9 Å². The maximum absolute atomic E-state index is 14.1. The minimum absolute atomic E-state index is 0.103. The Labute approximate surface area is 238 Å². The number of nitrogens with zero attached hydrogens (tertiary/aromatic N) is 1. The van der Waals surface area contributed by atoms with Gasteiger partial charge in [-0.1, -0.05) is 107 Å². The molecule has 0 spiro atoms. The molecule has 0 aliphatic heterocycles. The summed E-state index contributed by atoms with van der Waals surface area (Å²) in [6.07, 6.45) is 9.61. The normalized spacial score (nSPS) is 14.3. The second kappa shape index (κ2) is 16.0. The fraction of sp³-hybridized carbons (Fsp3) is 0.485. The number of hydrogen-bond donors (Lipinski definition) is 3. The molecule has 0 saturated heterocycles. The highest BCUT2D eigenvalue weighted by molar-refractivity contribution is 5.90. The minimum atomic E-state index is -1.54. The van der Waals surface area contributed by atoms with E-state index in [1.807, 2.05) is 60.7 Å². The smallest absolute Gasteiger partial charge is 0.405 e. The van der Waals surface area contributed by atoms with Gasteiger partial charge in [0.15, 0.2) is 5.60 Å². The van der Waals surface area contributed by atoms with Crippen molar-refractivity contribution in [2.75, 3.05) is 6.61 Å². The van der Waals surface area contributed by atoms with Crippen LogP contribution in [0, 0.1) is 5.92 Å². The van der Waals surface area contributed by atoms with Crippen LogP contribution in [0.25, 0.3) is 10.9 Å². The van der Waals surface area contributed by atoms with Crippen molar-refractivity contribution in [2.45, 2.75) is 89.7 Å². The predicted octanol–water partition coefficient (Wildman–Crippen LogP) is 6.11. The van der Waals surface area contributed by atoms with Gasteiger partial charge in [-0.05, 0) is 42.0 Å². The molecule has 3 rings (SSSR count). The van der Waals surface area contributed by atoms with Crippen molar-refractivity contribution < 1.29 is 19.4 Å². The van der Waals surface area contributed by atoms with Crippen LogP contribution in [-0.2, 0) is 22.4 Å². The maximum atomic E-state index is 14.1. The zero-order valence-electron chi connectivity index (χ0n) is 24.0. The lowest BCUT2D eigenvalue weighted by molar-refractivity contribution is -0.142. The highest BCUT2D eigenvalue weighted by Gasteiger charge is 2.44. The predicted molar refractivity (Wildman–Crippen MR) is 160 cm³/mol. The Bertz CT molecular complexity index is 1200. The average Bonchev–Trinajstić information content (AvgIpc) is 2.94. The fourth-order valence-electron chi connectivity index (χ4n) is 5.49. The van der Waals surface area contributed by atoms with Crippen molar-refractivity contribution in [3.05, 3.63) is 78.0 Å². The second-order valence-electron chi connectivity index (χ2n) is 11.0. The number of unbranched alkanes of at least 4 members (excludes halogenated alkanes) is 5. The molecule has 2 amide bonds. The molecule has 0 aliphatic rings. The Morgan fingerprint density at radius 3 is 2.42 bits per heavy atom. The summed E-state index contributed by atoms with van der Waals surface area (Å²) in [7, 11) is 0. The highest BCUT2D eigenvalue weighted by Crippen LogP contribution is 2.32. The summed E-state index contributed by atoms with van der Waals surface area (Å²) in [4.78, 5) is 30.9. The Hall–Kier alpha value is -3.45. The molecule has 40 heavy (non-hydrogen) atoms. The molecule has 216 valence electrons. The number of rotatable bonds is 17. The van der Waals surface area contributed by atoms with E-state index in [1.165, 1.54) is 25.7 Å². The number of fused-ring (bicyclic) bond motifs is 1. The second-order valence-corrected chi connectivity index (χ2v) is 11.0. The van der Waals surface area contributed by atoms with Crippen LogP contribution in [0.4, 0.5) is 4.79 Å². The van der Waals surface area contributed by atoms with Gasteiger partial charge in [-0.2, -0.15) is 0 Å². The van der Waals surface area contributed by atoms with E-state index in [0.717, 1.165) is 41.3 Å². The number of pyridine rings is 1. The van der Waals surface area contributed by atoms with Gasteiger partial charge in [0.1, 0.15) is 0 Å². The summed E-state index contributed by atoms with van der Waals surface area (Å²) in [5.74, 6) is -0.344. The zero-order valence-corrected chi connectivity index (χ0v) is 24.0. The first-order valence-corrected chi connectivity index (χ1v) is 14.6. The third kappa shape index (κ3) is 9.33. The number of amides is 2. The van der Waals surface area contributed by atoms with Gasteiger partial charge in [0, 0.05) is 18.0 Å². The average molecular weight is 548 g/mol. The molecule has 1 heterocycles. The van der Waals surface area contributed by atoms with E-state index < -0.39 is 23.6 Å². The van der Waals surface area contributed by atoms with Crippen LogP contribution in [0.1, 0.15) is 76.3 Å². The van der Waals surface area contributed by atoms with E-state index in [0.29, 0.717) is 12.8 Å². The molecule has 0 fully saturated rings. The summed E-state index contributed by atoms with van der Waals surface area (Å²) in [5, 5.41) is 14.0. The van der Waals surface area contributed by atoms with Gasteiger partial charge in [-0.15, -0.1) is 0 Å². The van der Waals surface area contributed by atoms with Crippen LogP contribution in [0.2, 0.25) is 0 Å². The number of ether oxygens (including phenoxy) is 1. The molecule has 4 N–H and O–H groups in total. The summed E-state index contributed by atoms with van der Waals surface area (Å²) in [6, 6.07) is 18.7. The van der Waals surface area contributed by atoms with Crippen molar-refractivity contribution in [1.82, 2.24) is 10.3 Å². The van der Waals surface area contributed by atoms with Crippen LogP contribution in [-0.4, -0.2) is 40.3 Å². The lowest BCUT2D eigenvalue weighted by Gasteiger charge is -2.35. The van der Waals surface area contributed by atoms with Gasteiger partial charge in [0.2, 0.25) is 0 Å². The number of carbonyl (C=O) groups is 2. The molecule has 1 aromatic heterocycles. The Balaban J connectivity index is 1.89. The number of aromatic nitrogens is 1. The molecular formula is C33H45N3O4. The molecule has 0 saturated carbocycles. The van der Waals surface area contributed by atoms with Gasteiger partial charge in [0.25, 0.3) is 5.91 Å². The Kier molecular flexibility index (Phi) is 12.4. The van der Waals surface area contributed by atoms with Crippen molar-refractivity contribution in [2.24, 2.45) is 11.7 Å². The summed E-state index contributed by atoms with van der Waals surface area (Å²) < 4.78 is 5.80. The molecule has 7 heteroatoms. The minimum Gasteiger partial charge on any atom is -0.433 e. The number of carbonyl (C=O) groups excluding carboxylic acids is 2.